The fourth-order valence-corrected chi connectivity index (χ4v) is 4.73. The number of carbonyl (C=O) groups is 3. The fraction of sp³-hybridized carbons (Fsp3) is 0.500. The number of methoxy groups -OCH3 is 3. The number of nitrogens with one attached hydrogen (secondary N) is 1. The van der Waals surface area contributed by atoms with E-state index in [1.54, 1.807) is 25.1 Å². The van der Waals surface area contributed by atoms with Gasteiger partial charge < -0.3 is 24.3 Å². The lowest BCUT2D eigenvalue weighted by molar-refractivity contribution is -0.151. The fourth-order valence-electron chi connectivity index (χ4n) is 4.73. The molecule has 0 saturated carbocycles. The third-order valence-corrected chi connectivity index (χ3v) is 6.59. The molecule has 0 fully saturated rings. The number of para-hydroxylation sites is 1. The third-order valence-electron chi connectivity index (χ3n) is 6.59. The van der Waals surface area contributed by atoms with Crippen molar-refractivity contribution in [3.8, 4) is 11.5 Å². The minimum absolute atomic E-state index is 0.263. The largest absolute Gasteiger partial charge is 0.493 e. The van der Waals surface area contributed by atoms with Crippen LogP contribution >= 0.6 is 0 Å². The Labute approximate surface area is 200 Å². The summed E-state index contributed by atoms with van der Waals surface area (Å²) in [5.74, 6) is -2.64. The van der Waals surface area contributed by atoms with Crippen molar-refractivity contribution >= 4 is 17.7 Å². The van der Waals surface area contributed by atoms with Gasteiger partial charge in [-0.15, -0.1) is 0 Å². The highest BCUT2D eigenvalue weighted by molar-refractivity contribution is 6.12. The highest BCUT2D eigenvalue weighted by Crippen LogP contribution is 2.49. The molecular formula is C26H33NO7. The Morgan fingerprint density at radius 3 is 2.47 bits per heavy atom. The highest BCUT2D eigenvalue weighted by Gasteiger charge is 2.48. The first kappa shape index (κ1) is 25.3. The molecule has 0 radical (unpaired) electrons. The summed E-state index contributed by atoms with van der Waals surface area (Å²) in [6, 6.07) is 5.32. The minimum atomic E-state index is -0.963. The topological polar surface area (TPSA) is 100 Å². The van der Waals surface area contributed by atoms with Gasteiger partial charge in [-0.05, 0) is 38.7 Å². The van der Waals surface area contributed by atoms with E-state index < -0.39 is 23.8 Å². The van der Waals surface area contributed by atoms with Gasteiger partial charge in [0.1, 0.15) is 5.92 Å². The van der Waals surface area contributed by atoms with Gasteiger partial charge in [-0.3, -0.25) is 9.59 Å². The molecule has 0 spiro atoms. The van der Waals surface area contributed by atoms with E-state index in [2.05, 4.69) is 5.32 Å². The molecule has 1 N–H and O–H groups in total. The molecular weight excluding hydrogens is 438 g/mol. The molecule has 4 atom stereocenters. The van der Waals surface area contributed by atoms with E-state index in [1.807, 2.05) is 20.8 Å². The summed E-state index contributed by atoms with van der Waals surface area (Å²) >= 11 is 0. The molecule has 8 heteroatoms. The zero-order valence-corrected chi connectivity index (χ0v) is 20.8. The smallest absolute Gasteiger partial charge is 0.337 e. The summed E-state index contributed by atoms with van der Waals surface area (Å²) in [5.41, 5.74) is 2.51. The van der Waals surface area contributed by atoms with E-state index in [1.165, 1.54) is 21.3 Å². The number of rotatable bonds is 7. The summed E-state index contributed by atoms with van der Waals surface area (Å²) in [4.78, 5) is 39.8. The molecule has 1 aromatic rings. The molecule has 1 aromatic carbocycles. The standard InChI is InChI=1S/C26H33NO7/c1-8-14(3)34-26(30)20-15(4)27-17-12-13(2)19(25(29)33-7)23(28)22(17)21(20)16-10-9-11-18(31-5)24(16)32-6/h9-11,13-14,19,21,27H,8,12H2,1-7H3/t13-,14-,19+,21-/m0/s1. The molecule has 0 unspecified atom stereocenters. The third kappa shape index (κ3) is 4.41. The monoisotopic (exact) mass is 471 g/mol. The number of carbonyl (C=O) groups excluding carboxylic acids is 3. The number of esters is 2. The van der Waals surface area contributed by atoms with Crippen LogP contribution < -0.4 is 14.8 Å². The van der Waals surface area contributed by atoms with Gasteiger partial charge in [0.25, 0.3) is 0 Å². The number of Topliss-reactive ketones (excluding diaryl/α,β-unsaturated/α-hetero) is 1. The maximum Gasteiger partial charge on any atom is 0.337 e. The van der Waals surface area contributed by atoms with Crippen molar-refractivity contribution in [2.75, 3.05) is 21.3 Å². The van der Waals surface area contributed by atoms with Crippen LogP contribution in [0.4, 0.5) is 0 Å². The molecule has 1 heterocycles. The van der Waals surface area contributed by atoms with Crippen LogP contribution in [0.1, 0.15) is 52.0 Å². The van der Waals surface area contributed by atoms with Crippen LogP contribution in [0, 0.1) is 11.8 Å². The van der Waals surface area contributed by atoms with Crippen molar-refractivity contribution in [2.24, 2.45) is 11.8 Å². The second kappa shape index (κ2) is 10.3. The van der Waals surface area contributed by atoms with Crippen LogP contribution in [0.3, 0.4) is 0 Å². The van der Waals surface area contributed by atoms with Gasteiger partial charge in [-0.2, -0.15) is 0 Å². The van der Waals surface area contributed by atoms with Crippen molar-refractivity contribution < 1.29 is 33.3 Å². The minimum Gasteiger partial charge on any atom is -0.493 e. The van der Waals surface area contributed by atoms with E-state index in [9.17, 15) is 14.4 Å². The van der Waals surface area contributed by atoms with Crippen molar-refractivity contribution in [3.63, 3.8) is 0 Å². The Hall–Kier alpha value is -3.29. The van der Waals surface area contributed by atoms with Gasteiger partial charge in [0.15, 0.2) is 17.3 Å². The maximum absolute atomic E-state index is 13.8. The lowest BCUT2D eigenvalue weighted by Crippen LogP contribution is -2.43. The number of allylic oxidation sites excluding steroid dienone is 3. The van der Waals surface area contributed by atoms with Gasteiger partial charge >= 0.3 is 11.9 Å². The lowest BCUT2D eigenvalue weighted by Gasteiger charge is -2.38. The summed E-state index contributed by atoms with van der Waals surface area (Å²) in [7, 11) is 4.30. The first-order valence-electron chi connectivity index (χ1n) is 11.4. The van der Waals surface area contributed by atoms with Crippen LogP contribution in [0.5, 0.6) is 11.5 Å². The zero-order chi connectivity index (χ0) is 25.2. The number of benzene rings is 1. The number of dihydropyridines is 1. The Bertz CT molecular complexity index is 1060. The summed E-state index contributed by atoms with van der Waals surface area (Å²) in [5, 5.41) is 3.26. The predicted molar refractivity (Wildman–Crippen MR) is 125 cm³/mol. The first-order chi connectivity index (χ1) is 16.2. The van der Waals surface area contributed by atoms with Gasteiger partial charge in [0.05, 0.1) is 38.9 Å². The Balaban J connectivity index is 2.26. The summed E-state index contributed by atoms with van der Waals surface area (Å²) in [6.07, 6.45) is 0.795. The van der Waals surface area contributed by atoms with E-state index in [-0.39, 0.29) is 17.8 Å². The van der Waals surface area contributed by atoms with Crippen LogP contribution in [0.15, 0.2) is 40.7 Å². The molecule has 0 amide bonds. The zero-order valence-electron chi connectivity index (χ0n) is 20.8. The first-order valence-corrected chi connectivity index (χ1v) is 11.4. The van der Waals surface area contributed by atoms with E-state index in [4.69, 9.17) is 18.9 Å². The van der Waals surface area contributed by atoms with E-state index >= 15 is 0 Å². The normalized spacial score (nSPS) is 23.0. The molecule has 8 nitrogen and oxygen atoms in total. The highest BCUT2D eigenvalue weighted by atomic mass is 16.5. The quantitative estimate of drug-likeness (QED) is 0.475. The van der Waals surface area contributed by atoms with Crippen molar-refractivity contribution in [1.82, 2.24) is 5.32 Å². The number of hydrogen-bond donors (Lipinski definition) is 1. The molecule has 0 aromatic heterocycles. The van der Waals surface area contributed by atoms with Crippen LogP contribution in [-0.4, -0.2) is 45.2 Å². The second-order valence-corrected chi connectivity index (χ2v) is 8.74. The molecule has 0 bridgehead atoms. The molecule has 2 aliphatic rings. The van der Waals surface area contributed by atoms with Crippen LogP contribution in [0.2, 0.25) is 0 Å². The molecule has 1 aliphatic heterocycles. The number of ether oxygens (including phenoxy) is 4. The van der Waals surface area contributed by atoms with E-state index in [0.29, 0.717) is 52.4 Å². The Morgan fingerprint density at radius 1 is 1.18 bits per heavy atom. The average Bonchev–Trinajstić information content (AvgIpc) is 2.81. The number of ketones is 1. The lowest BCUT2D eigenvalue weighted by atomic mass is 9.69. The average molecular weight is 472 g/mol. The molecule has 0 saturated heterocycles. The molecule has 1 aliphatic carbocycles. The second-order valence-electron chi connectivity index (χ2n) is 8.74. The Kier molecular flexibility index (Phi) is 7.69. The van der Waals surface area contributed by atoms with Crippen molar-refractivity contribution in [3.05, 3.63) is 46.3 Å². The summed E-state index contributed by atoms with van der Waals surface area (Å²) in [6.45, 7) is 7.38. The van der Waals surface area contributed by atoms with Gasteiger partial charge in [0.2, 0.25) is 0 Å². The van der Waals surface area contributed by atoms with Crippen molar-refractivity contribution in [1.29, 1.82) is 0 Å². The predicted octanol–water partition coefficient (Wildman–Crippen LogP) is 3.66. The SMILES string of the molecule is CC[C@H](C)OC(=O)C1=C(C)NC2=C(C(=O)[C@H](C(=O)OC)[C@@H](C)C2)[C@H]1c1cccc(OC)c1OC. The van der Waals surface area contributed by atoms with Crippen LogP contribution in [0.25, 0.3) is 0 Å². The Morgan fingerprint density at radius 2 is 1.88 bits per heavy atom. The van der Waals surface area contributed by atoms with E-state index in [0.717, 1.165) is 0 Å². The number of hydrogen-bond acceptors (Lipinski definition) is 8. The van der Waals surface area contributed by atoms with Crippen LogP contribution in [-0.2, 0) is 23.9 Å². The molecule has 34 heavy (non-hydrogen) atoms. The van der Waals surface area contributed by atoms with Gasteiger partial charge in [-0.25, -0.2) is 4.79 Å². The maximum atomic E-state index is 13.8. The van der Waals surface area contributed by atoms with Crippen molar-refractivity contribution in [2.45, 2.75) is 52.6 Å². The summed E-state index contributed by atoms with van der Waals surface area (Å²) < 4.78 is 21.8. The molecule has 184 valence electrons. The molecule has 3 rings (SSSR count). The van der Waals surface area contributed by atoms with Gasteiger partial charge in [0, 0.05) is 22.5 Å². The van der Waals surface area contributed by atoms with Gasteiger partial charge in [-0.1, -0.05) is 26.0 Å².